The molecule has 3 aromatic carbocycles. The van der Waals surface area contributed by atoms with E-state index >= 15 is 0 Å². The largest absolute Gasteiger partial charge is 0.326 e. The van der Waals surface area contributed by atoms with E-state index in [9.17, 15) is 9.59 Å². The number of carbonyl (C=O) groups is 2. The fourth-order valence-corrected chi connectivity index (χ4v) is 3.58. The molecule has 0 spiro atoms. The summed E-state index contributed by atoms with van der Waals surface area (Å²) in [4.78, 5) is 26.6. The molecule has 2 amide bonds. The number of rotatable bonds is 7. The molecule has 0 aliphatic heterocycles. The van der Waals surface area contributed by atoms with Crippen LogP contribution in [0.1, 0.15) is 30.1 Å². The zero-order valence-corrected chi connectivity index (χ0v) is 16.5. The fourth-order valence-electron chi connectivity index (χ4n) is 2.66. The highest BCUT2D eigenvalue weighted by Crippen LogP contribution is 2.33. The lowest BCUT2D eigenvalue weighted by molar-refractivity contribution is -0.116. The van der Waals surface area contributed by atoms with Crippen molar-refractivity contribution in [1.29, 1.82) is 0 Å². The summed E-state index contributed by atoms with van der Waals surface area (Å²) in [7, 11) is 0. The number of benzene rings is 3. The van der Waals surface area contributed by atoms with Crippen molar-refractivity contribution in [3.63, 3.8) is 0 Å². The van der Waals surface area contributed by atoms with Gasteiger partial charge in [-0.1, -0.05) is 55.1 Å². The van der Waals surface area contributed by atoms with Crippen molar-refractivity contribution in [3.05, 3.63) is 84.4 Å². The predicted molar refractivity (Wildman–Crippen MR) is 115 cm³/mol. The molecule has 0 unspecified atom stereocenters. The number of anilines is 2. The summed E-state index contributed by atoms with van der Waals surface area (Å²) in [5.41, 5.74) is 1.87. The van der Waals surface area contributed by atoms with Gasteiger partial charge in [0, 0.05) is 27.5 Å². The summed E-state index contributed by atoms with van der Waals surface area (Å²) in [5.74, 6) is -0.266. The van der Waals surface area contributed by atoms with E-state index in [0.29, 0.717) is 17.7 Å². The van der Waals surface area contributed by atoms with E-state index in [2.05, 4.69) is 10.6 Å². The monoisotopic (exact) mass is 390 g/mol. The molecular weight excluding hydrogens is 368 g/mol. The van der Waals surface area contributed by atoms with E-state index in [1.54, 1.807) is 36.0 Å². The van der Waals surface area contributed by atoms with Gasteiger partial charge < -0.3 is 10.6 Å². The second-order valence-corrected chi connectivity index (χ2v) is 7.36. The predicted octanol–water partition coefficient (Wildman–Crippen LogP) is 5.83. The standard InChI is InChI=1S/C23H22N2O2S/c1-2-9-22(26)24-18-11-8-10-17(16-18)23(27)25-20-14-6-7-15-21(20)28-19-12-4-3-5-13-19/h3-8,10-16H,2,9H2,1H3,(H,24,26)(H,25,27). The van der Waals surface area contributed by atoms with E-state index in [4.69, 9.17) is 0 Å². The van der Waals surface area contributed by atoms with Crippen LogP contribution in [-0.2, 0) is 4.79 Å². The van der Waals surface area contributed by atoms with E-state index in [-0.39, 0.29) is 11.8 Å². The van der Waals surface area contributed by atoms with Gasteiger partial charge in [0.25, 0.3) is 5.91 Å². The Kier molecular flexibility index (Phi) is 6.87. The molecule has 0 radical (unpaired) electrons. The van der Waals surface area contributed by atoms with Gasteiger partial charge in [-0.2, -0.15) is 0 Å². The summed E-state index contributed by atoms with van der Waals surface area (Å²) < 4.78 is 0. The number of hydrogen-bond donors (Lipinski definition) is 2. The highest BCUT2D eigenvalue weighted by Gasteiger charge is 2.11. The smallest absolute Gasteiger partial charge is 0.255 e. The van der Waals surface area contributed by atoms with Crippen molar-refractivity contribution in [2.75, 3.05) is 10.6 Å². The molecule has 3 aromatic rings. The van der Waals surface area contributed by atoms with Gasteiger partial charge in [0.2, 0.25) is 5.91 Å². The third-order valence-corrected chi connectivity index (χ3v) is 5.08. The molecule has 0 aliphatic carbocycles. The number of nitrogens with one attached hydrogen (secondary N) is 2. The quantitative estimate of drug-likeness (QED) is 0.534. The van der Waals surface area contributed by atoms with Gasteiger partial charge in [-0.25, -0.2) is 0 Å². The van der Waals surface area contributed by atoms with Crippen LogP contribution in [0.2, 0.25) is 0 Å². The Labute approximate surface area is 169 Å². The van der Waals surface area contributed by atoms with Crippen LogP contribution in [0.4, 0.5) is 11.4 Å². The second-order valence-electron chi connectivity index (χ2n) is 6.24. The van der Waals surface area contributed by atoms with Gasteiger partial charge in [-0.15, -0.1) is 0 Å². The van der Waals surface area contributed by atoms with Crippen LogP contribution in [0, 0.1) is 0 Å². The molecule has 0 bridgehead atoms. The van der Waals surface area contributed by atoms with E-state index < -0.39 is 0 Å². The van der Waals surface area contributed by atoms with Crippen LogP contribution >= 0.6 is 11.8 Å². The van der Waals surface area contributed by atoms with Gasteiger partial charge in [-0.05, 0) is 48.9 Å². The molecule has 0 fully saturated rings. The van der Waals surface area contributed by atoms with Crippen molar-refractivity contribution >= 4 is 35.0 Å². The average Bonchev–Trinajstić information content (AvgIpc) is 2.70. The van der Waals surface area contributed by atoms with Crippen LogP contribution in [0.25, 0.3) is 0 Å². The highest BCUT2D eigenvalue weighted by atomic mass is 32.2. The van der Waals surface area contributed by atoms with Crippen LogP contribution in [0.15, 0.2) is 88.7 Å². The summed E-state index contributed by atoms with van der Waals surface area (Å²) in [6.45, 7) is 1.95. The van der Waals surface area contributed by atoms with Crippen LogP contribution in [0.3, 0.4) is 0 Å². The van der Waals surface area contributed by atoms with Crippen molar-refractivity contribution < 1.29 is 9.59 Å². The Morgan fingerprint density at radius 3 is 2.39 bits per heavy atom. The molecule has 5 heteroatoms. The van der Waals surface area contributed by atoms with E-state index in [1.807, 2.05) is 61.5 Å². The summed E-state index contributed by atoms with van der Waals surface area (Å²) in [6.07, 6.45) is 1.24. The molecular formula is C23H22N2O2S. The van der Waals surface area contributed by atoms with Crippen molar-refractivity contribution in [2.24, 2.45) is 0 Å². The minimum Gasteiger partial charge on any atom is -0.326 e. The first-order valence-corrected chi connectivity index (χ1v) is 10.0. The summed E-state index contributed by atoms with van der Waals surface area (Å²) in [6, 6.07) is 24.7. The van der Waals surface area contributed by atoms with Crippen LogP contribution < -0.4 is 10.6 Å². The molecule has 2 N–H and O–H groups in total. The highest BCUT2D eigenvalue weighted by molar-refractivity contribution is 7.99. The molecule has 0 aliphatic rings. The summed E-state index contributed by atoms with van der Waals surface area (Å²) in [5, 5.41) is 5.80. The number of amides is 2. The third kappa shape index (κ3) is 5.47. The van der Waals surface area contributed by atoms with Gasteiger partial charge in [-0.3, -0.25) is 9.59 Å². The van der Waals surface area contributed by atoms with Crippen LogP contribution in [0.5, 0.6) is 0 Å². The minimum absolute atomic E-state index is 0.0512. The molecule has 28 heavy (non-hydrogen) atoms. The molecule has 0 aromatic heterocycles. The van der Waals surface area contributed by atoms with Crippen molar-refractivity contribution in [3.8, 4) is 0 Å². The van der Waals surface area contributed by atoms with Gasteiger partial charge in [0.05, 0.1) is 5.69 Å². The maximum Gasteiger partial charge on any atom is 0.255 e. The fraction of sp³-hybridized carbons (Fsp3) is 0.130. The van der Waals surface area contributed by atoms with Crippen molar-refractivity contribution in [1.82, 2.24) is 0 Å². The lowest BCUT2D eigenvalue weighted by Crippen LogP contribution is -2.14. The van der Waals surface area contributed by atoms with Gasteiger partial charge in [0.1, 0.15) is 0 Å². The molecule has 0 saturated carbocycles. The third-order valence-electron chi connectivity index (χ3n) is 3.99. The normalized spacial score (nSPS) is 10.3. The molecule has 4 nitrogen and oxygen atoms in total. The zero-order valence-electron chi connectivity index (χ0n) is 15.6. The Hall–Kier alpha value is -3.05. The zero-order chi connectivity index (χ0) is 19.8. The van der Waals surface area contributed by atoms with Gasteiger partial charge in [0.15, 0.2) is 0 Å². The van der Waals surface area contributed by atoms with E-state index in [1.165, 1.54) is 0 Å². The van der Waals surface area contributed by atoms with E-state index in [0.717, 1.165) is 21.9 Å². The van der Waals surface area contributed by atoms with Crippen LogP contribution in [-0.4, -0.2) is 11.8 Å². The first kappa shape index (κ1) is 19.7. The Morgan fingerprint density at radius 2 is 1.61 bits per heavy atom. The second kappa shape index (κ2) is 9.76. The summed E-state index contributed by atoms with van der Waals surface area (Å²) >= 11 is 1.60. The Morgan fingerprint density at radius 1 is 0.857 bits per heavy atom. The SMILES string of the molecule is CCCC(=O)Nc1cccc(C(=O)Nc2ccccc2Sc2ccccc2)c1. The number of para-hydroxylation sites is 1. The first-order chi connectivity index (χ1) is 13.7. The maximum atomic E-state index is 12.7. The molecule has 3 rings (SSSR count). The first-order valence-electron chi connectivity index (χ1n) is 9.19. The Balaban J connectivity index is 1.74. The molecule has 0 heterocycles. The molecule has 0 saturated heterocycles. The Bertz CT molecular complexity index is 958. The number of hydrogen-bond acceptors (Lipinski definition) is 3. The van der Waals surface area contributed by atoms with Gasteiger partial charge >= 0.3 is 0 Å². The minimum atomic E-state index is -0.215. The lowest BCUT2D eigenvalue weighted by Gasteiger charge is -2.12. The molecule has 142 valence electrons. The topological polar surface area (TPSA) is 58.2 Å². The van der Waals surface area contributed by atoms with Crippen molar-refractivity contribution in [2.45, 2.75) is 29.6 Å². The lowest BCUT2D eigenvalue weighted by atomic mass is 10.1. The molecule has 0 atom stereocenters. The number of carbonyl (C=O) groups excluding carboxylic acids is 2. The average molecular weight is 391 g/mol. The maximum absolute atomic E-state index is 12.7.